The highest BCUT2D eigenvalue weighted by atomic mass is 16.5. The fourth-order valence-corrected chi connectivity index (χ4v) is 7.55. The third-order valence-corrected chi connectivity index (χ3v) is 9.02. The Morgan fingerprint density at radius 3 is 2.56 bits per heavy atom. The second-order valence-electron chi connectivity index (χ2n) is 10.9. The van der Waals surface area contributed by atoms with Crippen LogP contribution in [0.2, 0.25) is 0 Å². The van der Waals surface area contributed by atoms with E-state index in [1.54, 1.807) is 7.11 Å². The van der Waals surface area contributed by atoms with Gasteiger partial charge in [0.2, 0.25) is 0 Å². The Morgan fingerprint density at radius 2 is 1.97 bits per heavy atom. The van der Waals surface area contributed by atoms with Gasteiger partial charge in [0, 0.05) is 25.7 Å². The maximum Gasteiger partial charge on any atom is 0.314 e. The molecule has 2 fully saturated rings. The maximum absolute atomic E-state index is 13.0. The zero-order chi connectivity index (χ0) is 23.5. The summed E-state index contributed by atoms with van der Waals surface area (Å²) in [6.07, 6.45) is 10.6. The van der Waals surface area contributed by atoms with E-state index < -0.39 is 16.8 Å². The summed E-state index contributed by atoms with van der Waals surface area (Å²) in [6.45, 7) is 10.1. The summed E-state index contributed by atoms with van der Waals surface area (Å²) in [5.74, 6) is 0.180. The Balaban J connectivity index is 1.84. The van der Waals surface area contributed by atoms with Gasteiger partial charge in [0.05, 0.1) is 6.10 Å². The highest BCUT2D eigenvalue weighted by Crippen LogP contribution is 2.70. The molecule has 5 nitrogen and oxygen atoms in total. The number of unbranched alkanes of at least 4 members (excludes halogenated alkanes) is 2. The Hall–Kier alpha value is -1.20. The van der Waals surface area contributed by atoms with Crippen LogP contribution < -0.4 is 0 Å². The number of allylic oxidation sites excluding steroid dienone is 1. The van der Waals surface area contributed by atoms with Crippen LogP contribution in [-0.2, 0) is 19.1 Å². The molecule has 0 heterocycles. The van der Waals surface area contributed by atoms with Crippen molar-refractivity contribution in [3.63, 3.8) is 0 Å². The van der Waals surface area contributed by atoms with E-state index in [4.69, 9.17) is 9.47 Å². The molecule has 0 aromatic rings. The normalized spacial score (nSPS) is 38.4. The molecule has 2 saturated carbocycles. The van der Waals surface area contributed by atoms with Gasteiger partial charge in [0.25, 0.3) is 0 Å². The van der Waals surface area contributed by atoms with Crippen LogP contribution >= 0.6 is 0 Å². The van der Waals surface area contributed by atoms with Crippen molar-refractivity contribution in [2.24, 2.45) is 40.4 Å². The Bertz CT molecular complexity index is 700. The van der Waals surface area contributed by atoms with Crippen molar-refractivity contribution < 1.29 is 24.2 Å². The summed E-state index contributed by atoms with van der Waals surface area (Å²) in [5, 5.41) is 10.6. The van der Waals surface area contributed by atoms with Crippen molar-refractivity contribution in [3.8, 4) is 0 Å². The summed E-state index contributed by atoms with van der Waals surface area (Å²) in [7, 11) is 1.75. The van der Waals surface area contributed by atoms with Gasteiger partial charge in [-0.05, 0) is 68.1 Å². The molecular weight excluding hydrogens is 404 g/mol. The number of ether oxygens (including phenoxy) is 2. The van der Waals surface area contributed by atoms with Crippen LogP contribution in [0.3, 0.4) is 0 Å². The van der Waals surface area contributed by atoms with Crippen LogP contribution in [-0.4, -0.2) is 43.8 Å². The fourth-order valence-electron chi connectivity index (χ4n) is 7.55. The Morgan fingerprint density at radius 1 is 1.25 bits per heavy atom. The van der Waals surface area contributed by atoms with Gasteiger partial charge in [-0.2, -0.15) is 0 Å². The number of rotatable bonds is 13. The minimum atomic E-state index is -1.05. The molecular formula is C27H44O5. The number of hydrogen-bond donors (Lipinski definition) is 1. The predicted molar refractivity (Wildman–Crippen MR) is 125 cm³/mol. The maximum atomic E-state index is 13.0. The number of aldehydes is 1. The lowest BCUT2D eigenvalue weighted by Crippen LogP contribution is -2.53. The molecule has 7 atom stereocenters. The number of fused-ring (bicyclic) bond motifs is 2. The average molecular weight is 449 g/mol. The van der Waals surface area contributed by atoms with E-state index in [-0.39, 0.29) is 23.9 Å². The first-order valence-corrected chi connectivity index (χ1v) is 12.8. The number of carbonyl (C=O) groups excluding carboxylic acids is 1. The second-order valence-corrected chi connectivity index (χ2v) is 10.9. The Labute approximate surface area is 194 Å². The molecule has 0 saturated heterocycles. The van der Waals surface area contributed by atoms with Crippen LogP contribution in [0.15, 0.2) is 11.6 Å². The third kappa shape index (κ3) is 4.09. The number of carboxylic acids is 1. The molecule has 3 aliphatic rings. The van der Waals surface area contributed by atoms with Gasteiger partial charge in [-0.1, -0.05) is 52.2 Å². The first-order valence-electron chi connectivity index (χ1n) is 12.8. The van der Waals surface area contributed by atoms with Crippen LogP contribution in [0.4, 0.5) is 0 Å². The van der Waals surface area contributed by atoms with Gasteiger partial charge in [-0.3, -0.25) is 4.79 Å². The molecule has 3 aliphatic carbocycles. The fraction of sp³-hybridized carbons (Fsp3) is 0.852. The van der Waals surface area contributed by atoms with Crippen LogP contribution in [0.1, 0.15) is 79.1 Å². The van der Waals surface area contributed by atoms with Crippen LogP contribution in [0.5, 0.6) is 0 Å². The van der Waals surface area contributed by atoms with Gasteiger partial charge in [0.1, 0.15) is 11.7 Å². The molecule has 0 aliphatic heterocycles. The van der Waals surface area contributed by atoms with Gasteiger partial charge in [-0.25, -0.2) is 0 Å². The molecule has 0 amide bonds. The zero-order valence-electron chi connectivity index (χ0n) is 20.8. The number of carbonyl (C=O) groups is 2. The number of carboxylic acid groups (broad SMARTS) is 1. The average Bonchev–Trinajstić information content (AvgIpc) is 3.42. The lowest BCUT2D eigenvalue weighted by atomic mass is 9.52. The van der Waals surface area contributed by atoms with E-state index in [2.05, 4.69) is 33.8 Å². The van der Waals surface area contributed by atoms with Crippen LogP contribution in [0.25, 0.3) is 0 Å². The second kappa shape index (κ2) is 10.4. The third-order valence-electron chi connectivity index (χ3n) is 9.02. The van der Waals surface area contributed by atoms with E-state index in [0.717, 1.165) is 63.6 Å². The Kier molecular flexibility index (Phi) is 8.25. The lowest BCUT2D eigenvalue weighted by molar-refractivity contribution is -0.160. The molecule has 0 radical (unpaired) electrons. The summed E-state index contributed by atoms with van der Waals surface area (Å²) in [4.78, 5) is 25.9. The van der Waals surface area contributed by atoms with Crippen molar-refractivity contribution >= 4 is 12.3 Å². The number of hydrogen-bond acceptors (Lipinski definition) is 4. The molecule has 2 bridgehead atoms. The van der Waals surface area contributed by atoms with Crippen molar-refractivity contribution in [2.45, 2.75) is 85.2 Å². The quantitative estimate of drug-likeness (QED) is 0.228. The standard InChI is InChI=1S/C27H44O5/c1-6-7-11-32-12-9-8-10-21-19(4)24(31-5)14-23(21)26(17-28)15-20-13-22(18(2)3)27(26,16-20)25(29)30/h13,17-21,23-24H,6-12,14-16H2,1-5H3,(H,29,30)/t19?,20?,21?,23?,24?,26-,27+/m0/s1. The first kappa shape index (κ1) is 25.4. The SMILES string of the molecule is CCCCOCCCCC1C(C)C(OC)CC1[C@@]1(C=O)CC2C=C(C(C)C)[C@@]1(C(=O)O)C2. The molecule has 0 aromatic carbocycles. The molecule has 182 valence electrons. The van der Waals surface area contributed by atoms with Gasteiger partial charge in [-0.15, -0.1) is 0 Å². The molecule has 3 rings (SSSR count). The molecule has 5 unspecified atom stereocenters. The summed E-state index contributed by atoms with van der Waals surface area (Å²) < 4.78 is 11.6. The highest BCUT2D eigenvalue weighted by Gasteiger charge is 2.71. The smallest absolute Gasteiger partial charge is 0.314 e. The molecule has 5 heteroatoms. The van der Waals surface area contributed by atoms with Gasteiger partial charge < -0.3 is 19.4 Å². The topological polar surface area (TPSA) is 72.8 Å². The summed E-state index contributed by atoms with van der Waals surface area (Å²) >= 11 is 0. The number of aliphatic carboxylic acids is 1. The van der Waals surface area contributed by atoms with E-state index in [9.17, 15) is 14.7 Å². The lowest BCUT2D eigenvalue weighted by Gasteiger charge is -2.48. The number of methoxy groups -OCH3 is 1. The monoisotopic (exact) mass is 448 g/mol. The largest absolute Gasteiger partial charge is 0.481 e. The first-order chi connectivity index (χ1) is 15.3. The molecule has 1 N–H and O–H groups in total. The minimum Gasteiger partial charge on any atom is -0.481 e. The van der Waals surface area contributed by atoms with Crippen molar-refractivity contribution in [1.29, 1.82) is 0 Å². The van der Waals surface area contributed by atoms with Crippen molar-refractivity contribution in [3.05, 3.63) is 11.6 Å². The van der Waals surface area contributed by atoms with Crippen LogP contribution in [0, 0.1) is 40.4 Å². The van der Waals surface area contributed by atoms with Gasteiger partial charge >= 0.3 is 5.97 Å². The van der Waals surface area contributed by atoms with Crippen molar-refractivity contribution in [1.82, 2.24) is 0 Å². The zero-order valence-corrected chi connectivity index (χ0v) is 20.8. The predicted octanol–water partition coefficient (Wildman–Crippen LogP) is 5.52. The van der Waals surface area contributed by atoms with Gasteiger partial charge in [0.15, 0.2) is 0 Å². The highest BCUT2D eigenvalue weighted by molar-refractivity contribution is 5.88. The minimum absolute atomic E-state index is 0.0458. The molecule has 0 aromatic heterocycles. The molecule has 0 spiro atoms. The van der Waals surface area contributed by atoms with E-state index in [0.29, 0.717) is 24.7 Å². The van der Waals surface area contributed by atoms with Crippen molar-refractivity contribution in [2.75, 3.05) is 20.3 Å². The van der Waals surface area contributed by atoms with E-state index in [1.807, 2.05) is 0 Å². The molecule has 32 heavy (non-hydrogen) atoms. The van der Waals surface area contributed by atoms with E-state index in [1.165, 1.54) is 0 Å². The summed E-state index contributed by atoms with van der Waals surface area (Å²) in [6, 6.07) is 0. The van der Waals surface area contributed by atoms with E-state index >= 15 is 0 Å². The summed E-state index contributed by atoms with van der Waals surface area (Å²) in [5.41, 5.74) is -0.908.